The van der Waals surface area contributed by atoms with Crippen molar-refractivity contribution in [3.8, 4) is 5.75 Å². The third-order valence-corrected chi connectivity index (χ3v) is 3.72. The number of amides is 2. The second kappa shape index (κ2) is 7.04. The SMILES string of the molecule is CCc1nc2ccccc2c(=O)n1NC(=O)Nc1ccc(OC)cc1. The van der Waals surface area contributed by atoms with E-state index in [2.05, 4.69) is 15.7 Å². The number of nitrogens with zero attached hydrogens (tertiary/aromatic N) is 2. The molecule has 1 heterocycles. The highest BCUT2D eigenvalue weighted by atomic mass is 16.5. The molecule has 0 aliphatic rings. The number of benzene rings is 2. The van der Waals surface area contributed by atoms with Gasteiger partial charge in [0.1, 0.15) is 11.6 Å². The molecule has 128 valence electrons. The van der Waals surface area contributed by atoms with Crippen molar-refractivity contribution >= 4 is 22.6 Å². The summed E-state index contributed by atoms with van der Waals surface area (Å²) in [5.41, 5.74) is 3.44. The summed E-state index contributed by atoms with van der Waals surface area (Å²) in [6.45, 7) is 1.87. The van der Waals surface area contributed by atoms with Gasteiger partial charge < -0.3 is 10.1 Å². The molecule has 7 heteroatoms. The standard InChI is InChI=1S/C18H18N4O3/c1-3-16-20-15-7-5-4-6-14(15)17(23)22(16)21-18(24)19-12-8-10-13(25-2)11-9-12/h4-11H,3H2,1-2H3,(H2,19,21,24). The Hall–Kier alpha value is -3.35. The molecule has 0 unspecified atom stereocenters. The molecular formula is C18H18N4O3. The van der Waals surface area contributed by atoms with Crippen LogP contribution in [0.5, 0.6) is 5.75 Å². The molecular weight excluding hydrogens is 320 g/mol. The number of fused-ring (bicyclic) bond motifs is 1. The molecule has 0 aliphatic heterocycles. The lowest BCUT2D eigenvalue weighted by Crippen LogP contribution is -2.38. The molecule has 0 spiro atoms. The molecule has 2 N–H and O–H groups in total. The lowest BCUT2D eigenvalue weighted by Gasteiger charge is -2.14. The first-order valence-electron chi connectivity index (χ1n) is 7.85. The Morgan fingerprint density at radius 3 is 2.56 bits per heavy atom. The van der Waals surface area contributed by atoms with Crippen molar-refractivity contribution in [1.29, 1.82) is 0 Å². The summed E-state index contributed by atoms with van der Waals surface area (Å²) in [5, 5.41) is 3.12. The maximum Gasteiger partial charge on any atom is 0.338 e. The number of nitrogens with one attached hydrogen (secondary N) is 2. The minimum atomic E-state index is -0.529. The molecule has 25 heavy (non-hydrogen) atoms. The molecule has 0 saturated heterocycles. The number of carbonyl (C=O) groups is 1. The number of urea groups is 1. The summed E-state index contributed by atoms with van der Waals surface area (Å²) >= 11 is 0. The van der Waals surface area contributed by atoms with Gasteiger partial charge in [0.05, 0.1) is 18.0 Å². The van der Waals surface area contributed by atoms with Crippen LogP contribution in [-0.4, -0.2) is 22.8 Å². The van der Waals surface area contributed by atoms with Gasteiger partial charge in [-0.2, -0.15) is 0 Å². The van der Waals surface area contributed by atoms with Crippen molar-refractivity contribution in [2.24, 2.45) is 0 Å². The van der Waals surface area contributed by atoms with Crippen molar-refractivity contribution in [2.45, 2.75) is 13.3 Å². The Morgan fingerprint density at radius 1 is 1.16 bits per heavy atom. The minimum Gasteiger partial charge on any atom is -0.497 e. The summed E-state index contributed by atoms with van der Waals surface area (Å²) in [6, 6.07) is 13.4. The van der Waals surface area contributed by atoms with Crippen LogP contribution in [0.4, 0.5) is 10.5 Å². The van der Waals surface area contributed by atoms with E-state index in [-0.39, 0.29) is 5.56 Å². The maximum absolute atomic E-state index is 12.6. The van der Waals surface area contributed by atoms with Crippen LogP contribution in [0.15, 0.2) is 53.3 Å². The van der Waals surface area contributed by atoms with Gasteiger partial charge in [-0.15, -0.1) is 0 Å². The molecule has 0 atom stereocenters. The summed E-state index contributed by atoms with van der Waals surface area (Å²) in [6.07, 6.45) is 0.503. The van der Waals surface area contributed by atoms with E-state index >= 15 is 0 Å². The van der Waals surface area contributed by atoms with Gasteiger partial charge in [0, 0.05) is 12.1 Å². The Bertz CT molecular complexity index is 964. The van der Waals surface area contributed by atoms with Crippen LogP contribution >= 0.6 is 0 Å². The molecule has 0 saturated carbocycles. The number of anilines is 1. The van der Waals surface area contributed by atoms with Crippen LogP contribution in [-0.2, 0) is 6.42 Å². The van der Waals surface area contributed by atoms with E-state index in [0.29, 0.717) is 34.6 Å². The number of carbonyl (C=O) groups excluding carboxylic acids is 1. The fourth-order valence-corrected chi connectivity index (χ4v) is 2.47. The van der Waals surface area contributed by atoms with Crippen LogP contribution in [0.3, 0.4) is 0 Å². The van der Waals surface area contributed by atoms with Crippen LogP contribution in [0, 0.1) is 0 Å². The number of aryl methyl sites for hydroxylation is 1. The van der Waals surface area contributed by atoms with Gasteiger partial charge in [0.25, 0.3) is 5.56 Å². The summed E-state index contributed by atoms with van der Waals surface area (Å²) < 4.78 is 6.26. The third-order valence-electron chi connectivity index (χ3n) is 3.72. The Balaban J connectivity index is 1.87. The van der Waals surface area contributed by atoms with Gasteiger partial charge in [0.2, 0.25) is 0 Å². The smallest absolute Gasteiger partial charge is 0.338 e. The first-order chi connectivity index (χ1) is 12.1. The molecule has 0 radical (unpaired) electrons. The molecule has 0 aliphatic carbocycles. The summed E-state index contributed by atoms with van der Waals surface area (Å²) in [4.78, 5) is 29.3. The van der Waals surface area contributed by atoms with E-state index in [9.17, 15) is 9.59 Å². The Kier molecular flexibility index (Phi) is 4.65. The largest absolute Gasteiger partial charge is 0.497 e. The molecule has 0 bridgehead atoms. The van der Waals surface area contributed by atoms with Crippen LogP contribution in [0.1, 0.15) is 12.7 Å². The number of methoxy groups -OCH3 is 1. The average molecular weight is 338 g/mol. The van der Waals surface area contributed by atoms with Gasteiger partial charge in [-0.25, -0.2) is 19.9 Å². The summed E-state index contributed by atoms with van der Waals surface area (Å²) in [5.74, 6) is 1.17. The molecule has 2 aromatic carbocycles. The third kappa shape index (κ3) is 3.45. The van der Waals surface area contributed by atoms with Gasteiger partial charge in [0.15, 0.2) is 0 Å². The van der Waals surface area contributed by atoms with Gasteiger partial charge in [-0.1, -0.05) is 19.1 Å². The number of hydrogen-bond donors (Lipinski definition) is 2. The van der Waals surface area contributed by atoms with E-state index in [4.69, 9.17) is 4.74 Å². The highest BCUT2D eigenvalue weighted by Crippen LogP contribution is 2.15. The predicted octanol–water partition coefficient (Wildman–Crippen LogP) is 2.74. The zero-order valence-electron chi connectivity index (χ0n) is 13.9. The van der Waals surface area contributed by atoms with Crippen molar-refractivity contribution < 1.29 is 9.53 Å². The normalized spacial score (nSPS) is 10.5. The average Bonchev–Trinajstić information content (AvgIpc) is 2.64. The lowest BCUT2D eigenvalue weighted by molar-refractivity contribution is 0.259. The highest BCUT2D eigenvalue weighted by molar-refractivity contribution is 5.95. The monoisotopic (exact) mass is 338 g/mol. The number of hydrogen-bond acceptors (Lipinski definition) is 4. The Labute approximate surface area is 144 Å². The Morgan fingerprint density at radius 2 is 1.88 bits per heavy atom. The highest BCUT2D eigenvalue weighted by Gasteiger charge is 2.12. The van der Waals surface area contributed by atoms with Crippen molar-refractivity contribution in [2.75, 3.05) is 17.9 Å². The molecule has 1 aromatic heterocycles. The number of para-hydroxylation sites is 1. The minimum absolute atomic E-state index is 0.313. The molecule has 3 aromatic rings. The zero-order chi connectivity index (χ0) is 17.8. The van der Waals surface area contributed by atoms with E-state index in [0.717, 1.165) is 0 Å². The van der Waals surface area contributed by atoms with E-state index in [1.165, 1.54) is 4.68 Å². The van der Waals surface area contributed by atoms with Crippen LogP contribution in [0.25, 0.3) is 10.9 Å². The van der Waals surface area contributed by atoms with Crippen molar-refractivity contribution in [3.05, 3.63) is 64.7 Å². The first-order valence-corrected chi connectivity index (χ1v) is 7.85. The van der Waals surface area contributed by atoms with Crippen LogP contribution in [0.2, 0.25) is 0 Å². The molecule has 3 rings (SSSR count). The maximum atomic E-state index is 12.6. The van der Waals surface area contributed by atoms with E-state index < -0.39 is 6.03 Å². The second-order valence-electron chi connectivity index (χ2n) is 5.33. The van der Waals surface area contributed by atoms with E-state index in [1.807, 2.05) is 13.0 Å². The van der Waals surface area contributed by atoms with Crippen LogP contribution < -0.4 is 21.0 Å². The second-order valence-corrected chi connectivity index (χ2v) is 5.33. The zero-order valence-corrected chi connectivity index (χ0v) is 13.9. The number of rotatable bonds is 4. The topological polar surface area (TPSA) is 85.2 Å². The quantitative estimate of drug-likeness (QED) is 0.766. The predicted molar refractivity (Wildman–Crippen MR) is 96.8 cm³/mol. The lowest BCUT2D eigenvalue weighted by atomic mass is 10.2. The van der Waals surface area contributed by atoms with Gasteiger partial charge >= 0.3 is 6.03 Å². The fraction of sp³-hybridized carbons (Fsp3) is 0.167. The molecule has 2 amide bonds. The fourth-order valence-electron chi connectivity index (χ4n) is 2.47. The number of aromatic nitrogens is 2. The number of ether oxygens (including phenoxy) is 1. The van der Waals surface area contributed by atoms with E-state index in [1.54, 1.807) is 49.6 Å². The molecule has 7 nitrogen and oxygen atoms in total. The molecule has 0 fully saturated rings. The summed E-state index contributed by atoms with van der Waals surface area (Å²) in [7, 11) is 1.57. The van der Waals surface area contributed by atoms with Crippen molar-refractivity contribution in [1.82, 2.24) is 9.66 Å². The van der Waals surface area contributed by atoms with Crippen molar-refractivity contribution in [3.63, 3.8) is 0 Å². The van der Waals surface area contributed by atoms with Gasteiger partial charge in [-0.05, 0) is 36.4 Å². The first kappa shape index (κ1) is 16.5. The van der Waals surface area contributed by atoms with Gasteiger partial charge in [-0.3, -0.25) is 4.79 Å².